The molecule has 2 aromatic rings. The molecular weight excluding hydrogens is 595 g/mol. The summed E-state index contributed by atoms with van der Waals surface area (Å²) in [6.07, 6.45) is 9.30. The molecule has 0 bridgehead atoms. The van der Waals surface area contributed by atoms with Crippen LogP contribution in [0.2, 0.25) is 0 Å². The molecule has 248 valence electrons. The van der Waals surface area contributed by atoms with Gasteiger partial charge in [0, 0.05) is 43.7 Å². The number of halogens is 1. The molecule has 1 N–H and O–H groups in total. The fourth-order valence-corrected chi connectivity index (χ4v) is 8.00. The van der Waals surface area contributed by atoms with E-state index in [2.05, 4.69) is 24.5 Å². The lowest BCUT2D eigenvalue weighted by Gasteiger charge is -2.54. The van der Waals surface area contributed by atoms with Crippen LogP contribution in [0, 0.1) is 17.2 Å². The van der Waals surface area contributed by atoms with Crippen LogP contribution in [0.5, 0.6) is 11.5 Å². The first-order chi connectivity index (χ1) is 21.4. The van der Waals surface area contributed by atoms with Gasteiger partial charge in [0.2, 0.25) is 10.0 Å². The number of anilines is 1. The number of benzene rings is 1. The number of nitrogens with one attached hydrogen (secondary N) is 1. The standard InChI is InChI=1S/C33H49FN6O4S/c1-6-40(23(2)3)32(41)28-17-26(34)9-12-29(28)44-30-18-35-22-36-31(30)39-20-33(21-39)13-15-38(16-14-33)19-25-7-10-27(11-8-25)37-45(42,43)24(4)5/h9,12,17-18,22-25,27,37H,6-8,10-11,13-16,19-21H2,1-5H3. The van der Waals surface area contributed by atoms with Crippen molar-refractivity contribution in [2.75, 3.05) is 44.2 Å². The molecule has 1 aromatic heterocycles. The summed E-state index contributed by atoms with van der Waals surface area (Å²) in [4.78, 5) is 28.5. The number of hydrogen-bond donors (Lipinski definition) is 1. The molecule has 0 radical (unpaired) electrons. The third kappa shape index (κ3) is 7.77. The van der Waals surface area contributed by atoms with E-state index in [1.54, 1.807) is 24.9 Å². The van der Waals surface area contributed by atoms with Gasteiger partial charge in [-0.1, -0.05) is 0 Å². The molecular formula is C33H49FN6O4S. The Labute approximate surface area is 267 Å². The number of aromatic nitrogens is 2. The number of hydrogen-bond acceptors (Lipinski definition) is 8. The number of ether oxygens (including phenoxy) is 1. The summed E-state index contributed by atoms with van der Waals surface area (Å²) in [5.41, 5.74) is 0.416. The highest BCUT2D eigenvalue weighted by Crippen LogP contribution is 2.45. The first-order valence-electron chi connectivity index (χ1n) is 16.5. The maximum absolute atomic E-state index is 14.3. The average molecular weight is 645 g/mol. The predicted molar refractivity (Wildman–Crippen MR) is 174 cm³/mol. The molecule has 3 aliphatic rings. The Kier molecular flexibility index (Phi) is 10.3. The first-order valence-corrected chi connectivity index (χ1v) is 18.0. The molecule has 3 fully saturated rings. The number of amides is 1. The number of nitrogens with zero attached hydrogens (tertiary/aromatic N) is 5. The highest BCUT2D eigenvalue weighted by Gasteiger charge is 2.46. The van der Waals surface area contributed by atoms with Gasteiger partial charge in [0.15, 0.2) is 11.6 Å². The molecule has 3 heterocycles. The Bertz CT molecular complexity index is 1430. The molecule has 1 amide bonds. The van der Waals surface area contributed by atoms with E-state index in [0.29, 0.717) is 24.0 Å². The van der Waals surface area contributed by atoms with Crippen LogP contribution in [0.4, 0.5) is 10.2 Å². The lowest BCUT2D eigenvalue weighted by atomic mass is 9.71. The monoisotopic (exact) mass is 644 g/mol. The summed E-state index contributed by atoms with van der Waals surface area (Å²) >= 11 is 0. The van der Waals surface area contributed by atoms with E-state index < -0.39 is 21.1 Å². The maximum atomic E-state index is 14.3. The first kappa shape index (κ1) is 33.5. The van der Waals surface area contributed by atoms with Crippen molar-refractivity contribution in [2.24, 2.45) is 11.3 Å². The maximum Gasteiger partial charge on any atom is 0.257 e. The molecule has 0 atom stereocenters. The van der Waals surface area contributed by atoms with Crippen molar-refractivity contribution in [3.05, 3.63) is 42.1 Å². The fraction of sp³-hybridized carbons (Fsp3) is 0.667. The summed E-state index contributed by atoms with van der Waals surface area (Å²) in [6.45, 7) is 14.7. The van der Waals surface area contributed by atoms with Gasteiger partial charge in [0.05, 0.1) is 17.0 Å². The number of carbonyl (C=O) groups is 1. The zero-order chi connectivity index (χ0) is 32.4. The summed E-state index contributed by atoms with van der Waals surface area (Å²) in [7, 11) is -3.22. The van der Waals surface area contributed by atoms with E-state index in [4.69, 9.17) is 4.74 Å². The van der Waals surface area contributed by atoms with Crippen molar-refractivity contribution in [1.29, 1.82) is 0 Å². The van der Waals surface area contributed by atoms with Crippen LogP contribution in [0.3, 0.4) is 0 Å². The van der Waals surface area contributed by atoms with Gasteiger partial charge in [-0.05, 0) is 110 Å². The quantitative estimate of drug-likeness (QED) is 0.362. The second-order valence-corrected chi connectivity index (χ2v) is 16.0. The molecule has 1 spiro atoms. The molecule has 1 aromatic carbocycles. The Hall–Kier alpha value is -2.83. The minimum absolute atomic E-state index is 0.0362. The number of rotatable bonds is 11. The zero-order valence-electron chi connectivity index (χ0n) is 27.3. The van der Waals surface area contributed by atoms with Crippen LogP contribution in [0.1, 0.15) is 83.5 Å². The molecule has 2 aliphatic heterocycles. The number of likely N-dealkylation sites (tertiary alicyclic amines) is 1. The minimum Gasteiger partial charge on any atom is -0.451 e. The summed E-state index contributed by atoms with van der Waals surface area (Å²) in [6, 6.07) is 4.06. The van der Waals surface area contributed by atoms with Gasteiger partial charge in [0.25, 0.3) is 5.91 Å². The van der Waals surface area contributed by atoms with Gasteiger partial charge in [-0.15, -0.1) is 0 Å². The molecule has 45 heavy (non-hydrogen) atoms. The highest BCUT2D eigenvalue weighted by molar-refractivity contribution is 7.90. The normalized spacial score (nSPS) is 22.1. The summed E-state index contributed by atoms with van der Waals surface area (Å²) in [5, 5.41) is -0.397. The van der Waals surface area contributed by atoms with E-state index in [9.17, 15) is 17.6 Å². The smallest absolute Gasteiger partial charge is 0.257 e. The van der Waals surface area contributed by atoms with Crippen LogP contribution in [-0.2, 0) is 10.0 Å². The van der Waals surface area contributed by atoms with Crippen LogP contribution in [0.15, 0.2) is 30.7 Å². The predicted octanol–water partition coefficient (Wildman–Crippen LogP) is 5.07. The Balaban J connectivity index is 1.15. The van der Waals surface area contributed by atoms with Crippen LogP contribution in [0.25, 0.3) is 0 Å². The van der Waals surface area contributed by atoms with Crippen molar-refractivity contribution in [2.45, 2.75) is 90.5 Å². The molecule has 1 saturated carbocycles. The van der Waals surface area contributed by atoms with Crippen LogP contribution >= 0.6 is 0 Å². The lowest BCUT2D eigenvalue weighted by Crippen LogP contribution is -2.61. The van der Waals surface area contributed by atoms with Crippen molar-refractivity contribution in [3.63, 3.8) is 0 Å². The number of carbonyl (C=O) groups excluding carboxylic acids is 1. The second kappa shape index (κ2) is 13.9. The third-order valence-corrected chi connectivity index (χ3v) is 11.8. The van der Waals surface area contributed by atoms with Gasteiger partial charge < -0.3 is 19.4 Å². The van der Waals surface area contributed by atoms with Crippen molar-refractivity contribution < 1.29 is 22.3 Å². The Morgan fingerprint density at radius 3 is 2.42 bits per heavy atom. The van der Waals surface area contributed by atoms with Gasteiger partial charge in [-0.3, -0.25) is 4.79 Å². The summed E-state index contributed by atoms with van der Waals surface area (Å²) < 4.78 is 47.9. The molecule has 1 aliphatic carbocycles. The van der Waals surface area contributed by atoms with E-state index in [1.165, 1.54) is 24.5 Å². The molecule has 5 rings (SSSR count). The molecule has 10 nitrogen and oxygen atoms in total. The Morgan fingerprint density at radius 2 is 1.80 bits per heavy atom. The number of sulfonamides is 1. The highest BCUT2D eigenvalue weighted by atomic mass is 32.2. The van der Waals surface area contributed by atoms with E-state index >= 15 is 0 Å². The third-order valence-electron chi connectivity index (χ3n) is 9.86. The van der Waals surface area contributed by atoms with Crippen molar-refractivity contribution in [1.82, 2.24) is 24.5 Å². The topological polar surface area (TPSA) is 108 Å². The van der Waals surface area contributed by atoms with E-state index in [1.807, 2.05) is 20.8 Å². The zero-order valence-corrected chi connectivity index (χ0v) is 28.2. The van der Waals surface area contributed by atoms with Crippen LogP contribution < -0.4 is 14.4 Å². The minimum atomic E-state index is -3.22. The lowest BCUT2D eigenvalue weighted by molar-refractivity contribution is 0.0618. The second-order valence-electron chi connectivity index (χ2n) is 13.7. The average Bonchev–Trinajstić information content (AvgIpc) is 2.98. The largest absolute Gasteiger partial charge is 0.451 e. The Morgan fingerprint density at radius 1 is 1.11 bits per heavy atom. The molecule has 12 heteroatoms. The SMILES string of the molecule is CCN(C(=O)c1cc(F)ccc1Oc1cncnc1N1CC2(CCN(CC3CCC(NS(=O)(=O)C(C)C)CC3)CC2)C1)C(C)C. The van der Waals surface area contributed by atoms with E-state index in [0.717, 1.165) is 71.2 Å². The van der Waals surface area contributed by atoms with E-state index in [-0.39, 0.29) is 34.7 Å². The van der Waals surface area contributed by atoms with Gasteiger partial charge >= 0.3 is 0 Å². The van der Waals surface area contributed by atoms with Gasteiger partial charge in [-0.25, -0.2) is 27.5 Å². The van der Waals surface area contributed by atoms with Crippen LogP contribution in [-0.4, -0.2) is 90.7 Å². The number of piperidine rings is 1. The summed E-state index contributed by atoms with van der Waals surface area (Å²) in [5.74, 6) is 1.26. The van der Waals surface area contributed by atoms with Crippen molar-refractivity contribution in [3.8, 4) is 11.5 Å². The van der Waals surface area contributed by atoms with Gasteiger partial charge in [-0.2, -0.15) is 0 Å². The van der Waals surface area contributed by atoms with Crippen molar-refractivity contribution >= 4 is 21.7 Å². The fourth-order valence-electron chi connectivity index (χ4n) is 7.03. The molecule has 2 saturated heterocycles. The molecule has 0 unspecified atom stereocenters. The van der Waals surface area contributed by atoms with Gasteiger partial charge in [0.1, 0.15) is 17.9 Å².